The van der Waals surface area contributed by atoms with Gasteiger partial charge in [0.2, 0.25) is 0 Å². The van der Waals surface area contributed by atoms with Crippen molar-refractivity contribution in [3.05, 3.63) is 47.5 Å². The Labute approximate surface area is 86.8 Å². The number of aromatic nitrogens is 2. The van der Waals surface area contributed by atoms with Gasteiger partial charge in [-0.1, -0.05) is 0 Å². The van der Waals surface area contributed by atoms with E-state index in [1.165, 1.54) is 12.1 Å². The molecule has 1 aromatic carbocycles. The number of aliphatic hydroxyl groups is 1. The molecule has 0 bridgehead atoms. The Morgan fingerprint density at radius 1 is 1.33 bits per heavy atom. The Kier molecular flexibility index (Phi) is 2.51. The van der Waals surface area contributed by atoms with Crippen LogP contribution in [0.4, 0.5) is 4.39 Å². The lowest BCUT2D eigenvalue weighted by molar-refractivity contribution is 0.281. The highest BCUT2D eigenvalue weighted by Crippen LogP contribution is 2.12. The molecule has 0 spiro atoms. The largest absolute Gasteiger partial charge is 0.392 e. The van der Waals surface area contributed by atoms with Crippen LogP contribution in [0.25, 0.3) is 5.69 Å². The second kappa shape index (κ2) is 3.82. The van der Waals surface area contributed by atoms with Gasteiger partial charge in [0, 0.05) is 11.8 Å². The van der Waals surface area contributed by atoms with Crippen LogP contribution in [-0.4, -0.2) is 14.9 Å². The number of benzene rings is 1. The lowest BCUT2D eigenvalue weighted by atomic mass is 10.3. The Bertz CT molecular complexity index is 462. The summed E-state index contributed by atoms with van der Waals surface area (Å²) in [5, 5.41) is 13.2. The molecule has 3 nitrogen and oxygen atoms in total. The number of rotatable bonds is 2. The molecule has 0 aliphatic carbocycles. The molecular weight excluding hydrogens is 195 g/mol. The highest BCUT2D eigenvalue weighted by Gasteiger charge is 2.04. The maximum Gasteiger partial charge on any atom is 0.123 e. The van der Waals surface area contributed by atoms with E-state index in [-0.39, 0.29) is 12.4 Å². The predicted octanol–water partition coefficient (Wildman–Crippen LogP) is 1.81. The van der Waals surface area contributed by atoms with Gasteiger partial charge in [-0.05, 0) is 31.2 Å². The molecule has 15 heavy (non-hydrogen) atoms. The maximum atomic E-state index is 12.7. The number of hydrogen-bond donors (Lipinski definition) is 1. The normalized spacial score (nSPS) is 10.6. The molecule has 0 amide bonds. The standard InChI is InChI=1S/C11H11FN2O/c1-8-9(7-15)6-14(13-8)11-4-2-10(12)3-5-11/h2-6,15H,7H2,1H3. The summed E-state index contributed by atoms with van der Waals surface area (Å²) in [4.78, 5) is 0. The van der Waals surface area contributed by atoms with Crippen LogP contribution >= 0.6 is 0 Å². The van der Waals surface area contributed by atoms with Gasteiger partial charge in [-0.25, -0.2) is 9.07 Å². The molecule has 1 heterocycles. The second-order valence-corrected chi connectivity index (χ2v) is 3.32. The fourth-order valence-corrected chi connectivity index (χ4v) is 1.38. The lowest BCUT2D eigenvalue weighted by Gasteiger charge is -1.99. The van der Waals surface area contributed by atoms with E-state index < -0.39 is 0 Å². The van der Waals surface area contributed by atoms with Crippen molar-refractivity contribution in [1.82, 2.24) is 9.78 Å². The van der Waals surface area contributed by atoms with Crippen LogP contribution in [0.2, 0.25) is 0 Å². The average Bonchev–Trinajstić information content (AvgIpc) is 2.61. The smallest absolute Gasteiger partial charge is 0.123 e. The Morgan fingerprint density at radius 2 is 2.00 bits per heavy atom. The van der Waals surface area contributed by atoms with Crippen molar-refractivity contribution in [3.63, 3.8) is 0 Å². The zero-order valence-electron chi connectivity index (χ0n) is 8.31. The van der Waals surface area contributed by atoms with Crippen LogP contribution in [0, 0.1) is 12.7 Å². The van der Waals surface area contributed by atoms with E-state index in [2.05, 4.69) is 5.10 Å². The van der Waals surface area contributed by atoms with E-state index in [0.717, 1.165) is 16.9 Å². The molecule has 0 radical (unpaired) electrons. The van der Waals surface area contributed by atoms with E-state index in [1.807, 2.05) is 6.92 Å². The third kappa shape index (κ3) is 1.89. The minimum atomic E-state index is -0.273. The summed E-state index contributed by atoms with van der Waals surface area (Å²) < 4.78 is 14.3. The van der Waals surface area contributed by atoms with Gasteiger partial charge in [0.05, 0.1) is 18.0 Å². The zero-order chi connectivity index (χ0) is 10.8. The first-order valence-corrected chi connectivity index (χ1v) is 4.62. The van der Waals surface area contributed by atoms with E-state index in [1.54, 1.807) is 23.0 Å². The quantitative estimate of drug-likeness (QED) is 0.813. The van der Waals surface area contributed by atoms with E-state index in [4.69, 9.17) is 5.11 Å². The van der Waals surface area contributed by atoms with Gasteiger partial charge in [-0.15, -0.1) is 0 Å². The van der Waals surface area contributed by atoms with Crippen molar-refractivity contribution < 1.29 is 9.50 Å². The molecule has 78 valence electrons. The van der Waals surface area contributed by atoms with Gasteiger partial charge in [-0.3, -0.25) is 0 Å². The van der Waals surface area contributed by atoms with Gasteiger partial charge >= 0.3 is 0 Å². The molecule has 0 saturated heterocycles. The molecule has 4 heteroatoms. The van der Waals surface area contributed by atoms with Crippen LogP contribution < -0.4 is 0 Å². The van der Waals surface area contributed by atoms with E-state index in [0.29, 0.717) is 0 Å². The molecule has 2 aromatic rings. The molecule has 0 aliphatic rings. The second-order valence-electron chi connectivity index (χ2n) is 3.32. The topological polar surface area (TPSA) is 38.0 Å². The molecule has 0 unspecified atom stereocenters. The average molecular weight is 206 g/mol. The lowest BCUT2D eigenvalue weighted by Crippen LogP contribution is -1.94. The van der Waals surface area contributed by atoms with Crippen LogP contribution in [-0.2, 0) is 6.61 Å². The molecule has 2 rings (SSSR count). The third-order valence-electron chi connectivity index (χ3n) is 2.26. The minimum Gasteiger partial charge on any atom is -0.392 e. The fourth-order valence-electron chi connectivity index (χ4n) is 1.38. The summed E-state index contributed by atoms with van der Waals surface area (Å²) in [7, 11) is 0. The summed E-state index contributed by atoms with van der Waals surface area (Å²) in [5.41, 5.74) is 2.33. The predicted molar refractivity (Wildman–Crippen MR) is 54.2 cm³/mol. The van der Waals surface area contributed by atoms with Crippen molar-refractivity contribution in [1.29, 1.82) is 0 Å². The van der Waals surface area contributed by atoms with Crippen molar-refractivity contribution in [2.24, 2.45) is 0 Å². The maximum absolute atomic E-state index is 12.7. The number of aryl methyl sites for hydroxylation is 1. The van der Waals surface area contributed by atoms with Crippen molar-refractivity contribution in [2.45, 2.75) is 13.5 Å². The fraction of sp³-hybridized carbons (Fsp3) is 0.182. The number of halogens is 1. The summed E-state index contributed by atoms with van der Waals surface area (Å²) in [6.07, 6.45) is 1.74. The highest BCUT2D eigenvalue weighted by molar-refractivity contribution is 5.32. The molecule has 0 fully saturated rings. The van der Waals surface area contributed by atoms with E-state index in [9.17, 15) is 4.39 Å². The van der Waals surface area contributed by atoms with Crippen molar-refractivity contribution in [3.8, 4) is 5.69 Å². The summed E-state index contributed by atoms with van der Waals surface area (Å²) >= 11 is 0. The summed E-state index contributed by atoms with van der Waals surface area (Å²) in [6, 6.07) is 6.04. The van der Waals surface area contributed by atoms with Gasteiger partial charge in [-0.2, -0.15) is 5.10 Å². The molecule has 1 N–H and O–H groups in total. The van der Waals surface area contributed by atoms with Gasteiger partial charge in [0.15, 0.2) is 0 Å². The van der Waals surface area contributed by atoms with Crippen LogP contribution in [0.15, 0.2) is 30.5 Å². The Hall–Kier alpha value is -1.68. The van der Waals surface area contributed by atoms with E-state index >= 15 is 0 Å². The summed E-state index contributed by atoms with van der Waals surface area (Å²) in [6.45, 7) is 1.79. The molecule has 1 aromatic heterocycles. The molecule has 0 aliphatic heterocycles. The first-order chi connectivity index (χ1) is 7.20. The van der Waals surface area contributed by atoms with Crippen LogP contribution in [0.3, 0.4) is 0 Å². The van der Waals surface area contributed by atoms with Crippen molar-refractivity contribution >= 4 is 0 Å². The van der Waals surface area contributed by atoms with Gasteiger partial charge in [0.1, 0.15) is 5.82 Å². The SMILES string of the molecule is Cc1nn(-c2ccc(F)cc2)cc1CO. The Balaban J connectivity index is 2.41. The number of aliphatic hydroxyl groups excluding tert-OH is 1. The Morgan fingerprint density at radius 3 is 2.53 bits per heavy atom. The molecule has 0 atom stereocenters. The number of nitrogens with zero attached hydrogens (tertiary/aromatic N) is 2. The van der Waals surface area contributed by atoms with Crippen molar-refractivity contribution in [2.75, 3.05) is 0 Å². The molecule has 0 saturated carbocycles. The first-order valence-electron chi connectivity index (χ1n) is 4.62. The first kappa shape index (κ1) is 9.86. The van der Waals surface area contributed by atoms with Crippen LogP contribution in [0.5, 0.6) is 0 Å². The number of hydrogen-bond acceptors (Lipinski definition) is 2. The monoisotopic (exact) mass is 206 g/mol. The van der Waals surface area contributed by atoms with Crippen LogP contribution in [0.1, 0.15) is 11.3 Å². The summed E-state index contributed by atoms with van der Waals surface area (Å²) in [5.74, 6) is -0.273. The minimum absolute atomic E-state index is 0.0347. The molecular formula is C11H11FN2O. The van der Waals surface area contributed by atoms with Gasteiger partial charge < -0.3 is 5.11 Å². The highest BCUT2D eigenvalue weighted by atomic mass is 19.1. The third-order valence-corrected chi connectivity index (χ3v) is 2.26. The van der Waals surface area contributed by atoms with Gasteiger partial charge in [0.25, 0.3) is 0 Å². The zero-order valence-corrected chi connectivity index (χ0v) is 8.31.